The Balaban J connectivity index is 2.11. The van der Waals surface area contributed by atoms with Gasteiger partial charge < -0.3 is 9.72 Å². The molecule has 3 aromatic rings. The first-order valence-electron chi connectivity index (χ1n) is 6.30. The third-order valence-electron chi connectivity index (χ3n) is 3.47. The summed E-state index contributed by atoms with van der Waals surface area (Å²) in [6.45, 7) is 2.04. The summed E-state index contributed by atoms with van der Waals surface area (Å²) in [5.41, 5.74) is 4.62. The van der Waals surface area contributed by atoms with E-state index in [4.69, 9.17) is 4.74 Å². The van der Waals surface area contributed by atoms with Crippen LogP contribution in [-0.4, -0.2) is 27.8 Å². The van der Waals surface area contributed by atoms with Crippen LogP contribution in [0.5, 0.6) is 0 Å². The fraction of sp³-hybridized carbons (Fsp3) is 0.200. The minimum atomic E-state index is -0.364. The molecule has 0 aliphatic carbocycles. The largest absolute Gasteiger partial charge is 0.464 e. The van der Waals surface area contributed by atoms with Crippen molar-refractivity contribution in [2.45, 2.75) is 6.92 Å². The molecule has 0 bridgehead atoms. The van der Waals surface area contributed by atoms with Gasteiger partial charge in [-0.2, -0.15) is 5.10 Å². The van der Waals surface area contributed by atoms with E-state index in [0.717, 1.165) is 27.7 Å². The van der Waals surface area contributed by atoms with Crippen LogP contribution in [0.15, 0.2) is 30.5 Å². The number of nitrogens with zero attached hydrogens (tertiary/aromatic N) is 2. The number of rotatable bonds is 2. The summed E-state index contributed by atoms with van der Waals surface area (Å²) in [6, 6.07) is 7.78. The molecule has 0 atom stereocenters. The Morgan fingerprint density at radius 1 is 1.35 bits per heavy atom. The maximum atomic E-state index is 11.5. The minimum absolute atomic E-state index is 0.364. The quantitative estimate of drug-likeness (QED) is 0.728. The third-order valence-corrected chi connectivity index (χ3v) is 3.47. The number of aromatic nitrogens is 3. The average Bonchev–Trinajstić information content (AvgIpc) is 3.05. The summed E-state index contributed by atoms with van der Waals surface area (Å²) in [5, 5.41) is 5.32. The van der Waals surface area contributed by atoms with Crippen LogP contribution in [0.2, 0.25) is 0 Å². The molecule has 0 amide bonds. The number of carbonyl (C=O) groups excluding carboxylic acids is 1. The molecule has 0 aliphatic rings. The molecule has 0 saturated carbocycles. The summed E-state index contributed by atoms with van der Waals surface area (Å²) in [5.74, 6) is -0.364. The van der Waals surface area contributed by atoms with Crippen LogP contribution in [0.4, 0.5) is 0 Å². The highest BCUT2D eigenvalue weighted by Gasteiger charge is 2.12. The molecule has 2 heterocycles. The van der Waals surface area contributed by atoms with Crippen molar-refractivity contribution in [2.75, 3.05) is 7.11 Å². The van der Waals surface area contributed by atoms with Gasteiger partial charge in [-0.3, -0.25) is 4.68 Å². The third kappa shape index (κ3) is 1.87. The first-order chi connectivity index (χ1) is 9.60. The van der Waals surface area contributed by atoms with Gasteiger partial charge in [0.05, 0.1) is 18.8 Å². The summed E-state index contributed by atoms with van der Waals surface area (Å²) in [7, 11) is 3.29. The number of hydrogen-bond acceptors (Lipinski definition) is 3. The van der Waals surface area contributed by atoms with Crippen LogP contribution in [0.25, 0.3) is 22.2 Å². The maximum Gasteiger partial charge on any atom is 0.354 e. The number of carbonyl (C=O) groups is 1. The number of ether oxygens (including phenoxy) is 1. The molecule has 0 aliphatic heterocycles. The SMILES string of the molecule is COC(=O)c1ccc(-c2cc3cnn(C)c3cc2C)[nH]1. The fourth-order valence-corrected chi connectivity index (χ4v) is 2.38. The van der Waals surface area contributed by atoms with Gasteiger partial charge in [0.15, 0.2) is 0 Å². The lowest BCUT2D eigenvalue weighted by Crippen LogP contribution is -2.01. The Labute approximate surface area is 116 Å². The predicted octanol–water partition coefficient (Wildman–Crippen LogP) is 2.66. The second-order valence-electron chi connectivity index (χ2n) is 4.77. The van der Waals surface area contributed by atoms with Gasteiger partial charge in [0, 0.05) is 23.7 Å². The molecule has 0 unspecified atom stereocenters. The zero-order valence-corrected chi connectivity index (χ0v) is 11.6. The average molecular weight is 269 g/mol. The zero-order chi connectivity index (χ0) is 14.3. The van der Waals surface area contributed by atoms with Crippen molar-refractivity contribution in [1.82, 2.24) is 14.8 Å². The standard InChI is InChI=1S/C15H15N3O2/c1-9-6-14-10(8-16-18(14)2)7-11(9)12-4-5-13(17-12)15(19)20-3/h4-8,17H,1-3H3. The highest BCUT2D eigenvalue weighted by molar-refractivity contribution is 5.90. The number of aryl methyl sites for hydroxylation is 2. The lowest BCUT2D eigenvalue weighted by atomic mass is 10.0. The number of methoxy groups -OCH3 is 1. The molecular weight excluding hydrogens is 254 g/mol. The van der Waals surface area contributed by atoms with Gasteiger partial charge in [-0.25, -0.2) is 4.79 Å². The number of nitrogens with one attached hydrogen (secondary N) is 1. The second kappa shape index (κ2) is 4.52. The summed E-state index contributed by atoms with van der Waals surface area (Å²) < 4.78 is 6.55. The van der Waals surface area contributed by atoms with E-state index >= 15 is 0 Å². The van der Waals surface area contributed by atoms with Crippen molar-refractivity contribution in [3.05, 3.63) is 41.7 Å². The topological polar surface area (TPSA) is 59.9 Å². The molecule has 20 heavy (non-hydrogen) atoms. The van der Waals surface area contributed by atoms with Gasteiger partial charge in [0.2, 0.25) is 0 Å². The zero-order valence-electron chi connectivity index (χ0n) is 11.6. The van der Waals surface area contributed by atoms with E-state index in [0.29, 0.717) is 5.69 Å². The molecule has 0 spiro atoms. The van der Waals surface area contributed by atoms with Crippen LogP contribution >= 0.6 is 0 Å². The van der Waals surface area contributed by atoms with Crippen molar-refractivity contribution in [2.24, 2.45) is 7.05 Å². The summed E-state index contributed by atoms with van der Waals surface area (Å²) >= 11 is 0. The van der Waals surface area contributed by atoms with E-state index in [9.17, 15) is 4.79 Å². The van der Waals surface area contributed by atoms with Gasteiger partial charge in [-0.05, 0) is 36.8 Å². The molecule has 1 aromatic carbocycles. The molecule has 102 valence electrons. The van der Waals surface area contributed by atoms with Crippen molar-refractivity contribution in [3.8, 4) is 11.3 Å². The van der Waals surface area contributed by atoms with Crippen LogP contribution < -0.4 is 0 Å². The molecule has 0 saturated heterocycles. The van der Waals surface area contributed by atoms with Gasteiger partial charge in [0.1, 0.15) is 5.69 Å². The molecular formula is C15H15N3O2. The van der Waals surface area contributed by atoms with Crippen molar-refractivity contribution < 1.29 is 9.53 Å². The summed E-state index contributed by atoms with van der Waals surface area (Å²) in [4.78, 5) is 14.6. The van der Waals surface area contributed by atoms with E-state index in [-0.39, 0.29) is 5.97 Å². The second-order valence-corrected chi connectivity index (χ2v) is 4.77. The molecule has 0 radical (unpaired) electrons. The number of hydrogen-bond donors (Lipinski definition) is 1. The van der Waals surface area contributed by atoms with E-state index in [1.807, 2.05) is 30.9 Å². The number of aromatic amines is 1. The molecule has 3 rings (SSSR count). The van der Waals surface area contributed by atoms with Gasteiger partial charge in [-0.15, -0.1) is 0 Å². The lowest BCUT2D eigenvalue weighted by molar-refractivity contribution is 0.0595. The highest BCUT2D eigenvalue weighted by atomic mass is 16.5. The fourth-order valence-electron chi connectivity index (χ4n) is 2.38. The Hall–Kier alpha value is -2.56. The monoisotopic (exact) mass is 269 g/mol. The van der Waals surface area contributed by atoms with E-state index in [1.54, 1.807) is 6.07 Å². The number of fused-ring (bicyclic) bond motifs is 1. The Bertz CT molecular complexity index is 799. The van der Waals surface area contributed by atoms with Crippen molar-refractivity contribution >= 4 is 16.9 Å². The molecule has 5 nitrogen and oxygen atoms in total. The van der Waals surface area contributed by atoms with Crippen molar-refractivity contribution in [3.63, 3.8) is 0 Å². The summed E-state index contributed by atoms with van der Waals surface area (Å²) in [6.07, 6.45) is 1.84. The number of esters is 1. The highest BCUT2D eigenvalue weighted by Crippen LogP contribution is 2.27. The Kier molecular flexibility index (Phi) is 2.82. The number of H-pyrrole nitrogens is 1. The van der Waals surface area contributed by atoms with E-state index < -0.39 is 0 Å². The first-order valence-corrected chi connectivity index (χ1v) is 6.30. The predicted molar refractivity (Wildman–Crippen MR) is 76.6 cm³/mol. The molecule has 1 N–H and O–H groups in total. The first kappa shape index (κ1) is 12.5. The van der Waals surface area contributed by atoms with Crippen LogP contribution in [0, 0.1) is 6.92 Å². The van der Waals surface area contributed by atoms with Crippen LogP contribution in [-0.2, 0) is 11.8 Å². The van der Waals surface area contributed by atoms with Crippen LogP contribution in [0.3, 0.4) is 0 Å². The number of benzene rings is 1. The Morgan fingerprint density at radius 3 is 2.90 bits per heavy atom. The van der Waals surface area contributed by atoms with Gasteiger partial charge in [-0.1, -0.05) is 0 Å². The smallest absolute Gasteiger partial charge is 0.354 e. The molecule has 0 fully saturated rings. The lowest BCUT2D eigenvalue weighted by Gasteiger charge is -2.05. The van der Waals surface area contributed by atoms with E-state index in [1.165, 1.54) is 7.11 Å². The van der Waals surface area contributed by atoms with Crippen LogP contribution in [0.1, 0.15) is 16.1 Å². The van der Waals surface area contributed by atoms with E-state index in [2.05, 4.69) is 22.2 Å². The maximum absolute atomic E-state index is 11.5. The van der Waals surface area contributed by atoms with Gasteiger partial charge >= 0.3 is 5.97 Å². The Morgan fingerprint density at radius 2 is 2.15 bits per heavy atom. The molecule has 5 heteroatoms. The molecule has 2 aromatic heterocycles. The van der Waals surface area contributed by atoms with Crippen molar-refractivity contribution in [1.29, 1.82) is 0 Å². The normalized spacial score (nSPS) is 10.9. The minimum Gasteiger partial charge on any atom is -0.464 e. The van der Waals surface area contributed by atoms with Gasteiger partial charge in [0.25, 0.3) is 0 Å².